The van der Waals surface area contributed by atoms with Crippen LogP contribution in [0.3, 0.4) is 0 Å². The largest absolute Gasteiger partial charge is 0.347 e. The Kier molecular flexibility index (Phi) is 3.16. The van der Waals surface area contributed by atoms with Gasteiger partial charge in [-0.1, -0.05) is 12.1 Å². The van der Waals surface area contributed by atoms with E-state index in [9.17, 15) is 4.79 Å². The highest BCUT2D eigenvalue weighted by atomic mass is 16.2. The van der Waals surface area contributed by atoms with Crippen molar-refractivity contribution in [3.63, 3.8) is 0 Å². The molecular weight excluding hydrogens is 276 g/mol. The van der Waals surface area contributed by atoms with Crippen molar-refractivity contribution in [2.45, 2.75) is 19.3 Å². The van der Waals surface area contributed by atoms with E-state index in [2.05, 4.69) is 9.97 Å². The van der Waals surface area contributed by atoms with Gasteiger partial charge >= 0.3 is 0 Å². The van der Waals surface area contributed by atoms with Crippen molar-refractivity contribution >= 4 is 17.5 Å². The zero-order valence-electron chi connectivity index (χ0n) is 13.6. The molecule has 0 spiro atoms. The molecule has 0 atom stereocenters. The van der Waals surface area contributed by atoms with Crippen molar-refractivity contribution in [3.05, 3.63) is 36.2 Å². The maximum Gasteiger partial charge on any atom is 0.236 e. The van der Waals surface area contributed by atoms with Crippen molar-refractivity contribution in [2.24, 2.45) is 0 Å². The van der Waals surface area contributed by atoms with E-state index in [0.717, 1.165) is 22.4 Å². The van der Waals surface area contributed by atoms with Crippen LogP contribution < -0.4 is 9.80 Å². The summed E-state index contributed by atoms with van der Waals surface area (Å²) in [4.78, 5) is 24.6. The molecule has 0 saturated carbocycles. The molecule has 0 aliphatic carbocycles. The quantitative estimate of drug-likeness (QED) is 0.854. The Morgan fingerprint density at radius 2 is 1.73 bits per heavy atom. The minimum atomic E-state index is -0.464. The molecule has 0 unspecified atom stereocenters. The first-order valence-corrected chi connectivity index (χ1v) is 7.25. The molecule has 1 aromatic heterocycles. The maximum atomic E-state index is 12.3. The van der Waals surface area contributed by atoms with E-state index < -0.39 is 5.41 Å². The molecular formula is C17H20N4O. The zero-order chi connectivity index (χ0) is 16.1. The van der Waals surface area contributed by atoms with Crippen molar-refractivity contribution in [2.75, 3.05) is 30.9 Å². The van der Waals surface area contributed by atoms with Gasteiger partial charge in [0, 0.05) is 44.8 Å². The highest BCUT2D eigenvalue weighted by molar-refractivity contribution is 6.07. The van der Waals surface area contributed by atoms with Gasteiger partial charge in [0.05, 0.1) is 5.41 Å². The van der Waals surface area contributed by atoms with Gasteiger partial charge in [-0.2, -0.15) is 0 Å². The van der Waals surface area contributed by atoms with Crippen molar-refractivity contribution in [3.8, 4) is 11.1 Å². The number of carbonyl (C=O) groups is 1. The number of anilines is 2. The first kappa shape index (κ1) is 14.5. The Labute approximate surface area is 130 Å². The molecule has 1 aliphatic heterocycles. The standard InChI is InChI=1S/C17H20N4O/c1-17(2)13-7-6-11(8-14(13)21(5)15(17)22)12-9-18-16(19-10-12)20(3)4/h6-10H,1-5H3. The van der Waals surface area contributed by atoms with Gasteiger partial charge in [-0.3, -0.25) is 4.79 Å². The lowest BCUT2D eigenvalue weighted by molar-refractivity contribution is -0.121. The number of rotatable bonds is 2. The molecule has 114 valence electrons. The molecule has 1 aromatic carbocycles. The molecule has 0 fully saturated rings. The van der Waals surface area contributed by atoms with Gasteiger partial charge in [0.15, 0.2) is 0 Å². The summed E-state index contributed by atoms with van der Waals surface area (Å²) in [6, 6.07) is 6.10. The molecule has 0 saturated heterocycles. The van der Waals surface area contributed by atoms with Crippen LogP contribution in [0.1, 0.15) is 19.4 Å². The predicted octanol–water partition coefficient (Wildman–Crippen LogP) is 2.46. The molecule has 5 heteroatoms. The van der Waals surface area contributed by atoms with Crippen LogP contribution in [0.15, 0.2) is 30.6 Å². The van der Waals surface area contributed by atoms with E-state index in [4.69, 9.17) is 0 Å². The summed E-state index contributed by atoms with van der Waals surface area (Å²) >= 11 is 0. The van der Waals surface area contributed by atoms with E-state index in [1.165, 1.54) is 0 Å². The molecule has 2 heterocycles. The second kappa shape index (κ2) is 4.80. The third-order valence-electron chi connectivity index (χ3n) is 4.24. The first-order chi connectivity index (χ1) is 10.3. The molecule has 3 rings (SSSR count). The fourth-order valence-electron chi connectivity index (χ4n) is 2.86. The van der Waals surface area contributed by atoms with Gasteiger partial charge in [-0.25, -0.2) is 9.97 Å². The van der Waals surface area contributed by atoms with Crippen LogP contribution in [-0.4, -0.2) is 37.0 Å². The summed E-state index contributed by atoms with van der Waals surface area (Å²) in [7, 11) is 5.64. The summed E-state index contributed by atoms with van der Waals surface area (Å²) in [6.07, 6.45) is 3.62. The maximum absolute atomic E-state index is 12.3. The summed E-state index contributed by atoms with van der Waals surface area (Å²) < 4.78 is 0. The van der Waals surface area contributed by atoms with Gasteiger partial charge in [-0.05, 0) is 31.0 Å². The van der Waals surface area contributed by atoms with E-state index in [1.54, 1.807) is 4.90 Å². The first-order valence-electron chi connectivity index (χ1n) is 7.25. The number of fused-ring (bicyclic) bond motifs is 1. The summed E-state index contributed by atoms with van der Waals surface area (Å²) in [6.45, 7) is 3.93. The lowest BCUT2D eigenvalue weighted by Gasteiger charge is -2.16. The fourth-order valence-corrected chi connectivity index (χ4v) is 2.86. The number of hydrogen-bond donors (Lipinski definition) is 0. The summed E-state index contributed by atoms with van der Waals surface area (Å²) in [5, 5.41) is 0. The van der Waals surface area contributed by atoms with Gasteiger partial charge in [-0.15, -0.1) is 0 Å². The van der Waals surface area contributed by atoms with Crippen molar-refractivity contribution in [1.29, 1.82) is 0 Å². The topological polar surface area (TPSA) is 49.3 Å². The normalized spacial score (nSPS) is 15.9. The molecule has 2 aromatic rings. The van der Waals surface area contributed by atoms with Gasteiger partial charge in [0.1, 0.15) is 0 Å². The SMILES string of the molecule is CN(C)c1ncc(-c2ccc3c(c2)N(C)C(=O)C3(C)C)cn1. The fraction of sp³-hybridized carbons (Fsp3) is 0.353. The number of benzene rings is 1. The monoisotopic (exact) mass is 296 g/mol. The van der Waals surface area contributed by atoms with Crippen LogP contribution in [0, 0.1) is 0 Å². The lowest BCUT2D eigenvalue weighted by atomic mass is 9.85. The van der Waals surface area contributed by atoms with Crippen LogP contribution >= 0.6 is 0 Å². The smallest absolute Gasteiger partial charge is 0.236 e. The molecule has 0 bridgehead atoms. The van der Waals surface area contributed by atoms with Crippen LogP contribution in [0.25, 0.3) is 11.1 Å². The number of amides is 1. The number of aromatic nitrogens is 2. The van der Waals surface area contributed by atoms with Crippen LogP contribution in [-0.2, 0) is 10.2 Å². The highest BCUT2D eigenvalue weighted by Gasteiger charge is 2.42. The Balaban J connectivity index is 2.03. The van der Waals surface area contributed by atoms with E-state index in [-0.39, 0.29) is 5.91 Å². The summed E-state index contributed by atoms with van der Waals surface area (Å²) in [5.41, 5.74) is 3.52. The minimum absolute atomic E-state index is 0.124. The molecule has 5 nitrogen and oxygen atoms in total. The third-order valence-corrected chi connectivity index (χ3v) is 4.24. The van der Waals surface area contributed by atoms with E-state index in [1.807, 2.05) is 70.5 Å². The van der Waals surface area contributed by atoms with Crippen LogP contribution in [0.2, 0.25) is 0 Å². The number of nitrogens with zero attached hydrogens (tertiary/aromatic N) is 4. The second-order valence-corrected chi connectivity index (χ2v) is 6.39. The van der Waals surface area contributed by atoms with Gasteiger partial charge < -0.3 is 9.80 Å². The molecule has 0 radical (unpaired) electrons. The third kappa shape index (κ3) is 2.04. The number of hydrogen-bond acceptors (Lipinski definition) is 4. The van der Waals surface area contributed by atoms with Crippen LogP contribution in [0.4, 0.5) is 11.6 Å². The average molecular weight is 296 g/mol. The molecule has 1 amide bonds. The highest BCUT2D eigenvalue weighted by Crippen LogP contribution is 2.42. The Morgan fingerprint density at radius 3 is 2.32 bits per heavy atom. The summed E-state index contributed by atoms with van der Waals surface area (Å²) in [5.74, 6) is 0.803. The second-order valence-electron chi connectivity index (χ2n) is 6.39. The molecule has 1 aliphatic rings. The Morgan fingerprint density at radius 1 is 1.09 bits per heavy atom. The average Bonchev–Trinajstić information content (AvgIpc) is 2.68. The van der Waals surface area contributed by atoms with Gasteiger partial charge in [0.25, 0.3) is 0 Å². The number of likely N-dealkylation sites (N-methyl/N-ethyl adjacent to an activating group) is 1. The predicted molar refractivity (Wildman–Crippen MR) is 88.2 cm³/mol. The van der Waals surface area contributed by atoms with Crippen molar-refractivity contribution < 1.29 is 4.79 Å². The Hall–Kier alpha value is -2.43. The molecule has 0 N–H and O–H groups in total. The van der Waals surface area contributed by atoms with Gasteiger partial charge in [0.2, 0.25) is 11.9 Å². The minimum Gasteiger partial charge on any atom is -0.347 e. The Bertz CT molecular complexity index is 735. The lowest BCUT2D eigenvalue weighted by Crippen LogP contribution is -2.33. The molecule has 22 heavy (non-hydrogen) atoms. The number of carbonyl (C=O) groups excluding carboxylic acids is 1. The van der Waals surface area contributed by atoms with E-state index >= 15 is 0 Å². The van der Waals surface area contributed by atoms with Crippen LogP contribution in [0.5, 0.6) is 0 Å². The van der Waals surface area contributed by atoms with E-state index in [0.29, 0.717) is 5.95 Å². The van der Waals surface area contributed by atoms with Crippen molar-refractivity contribution in [1.82, 2.24) is 9.97 Å². The zero-order valence-corrected chi connectivity index (χ0v) is 13.6.